The van der Waals surface area contributed by atoms with Crippen molar-refractivity contribution in [1.29, 1.82) is 5.26 Å². The van der Waals surface area contributed by atoms with Gasteiger partial charge in [-0.1, -0.05) is 0 Å². The van der Waals surface area contributed by atoms with Crippen LogP contribution in [0, 0.1) is 17.2 Å². The van der Waals surface area contributed by atoms with Crippen molar-refractivity contribution in [2.45, 2.75) is 25.7 Å². The van der Waals surface area contributed by atoms with Crippen LogP contribution in [-0.4, -0.2) is 11.6 Å². The van der Waals surface area contributed by atoms with Gasteiger partial charge in [0.05, 0.1) is 12.5 Å². The summed E-state index contributed by atoms with van der Waals surface area (Å²) in [6, 6.07) is 1.80. The molecule has 0 radical (unpaired) electrons. The highest BCUT2D eigenvalue weighted by molar-refractivity contribution is 5.91. The number of hydrogen-bond acceptors (Lipinski definition) is 3. The van der Waals surface area contributed by atoms with E-state index in [0.717, 1.165) is 0 Å². The van der Waals surface area contributed by atoms with E-state index in [0.29, 0.717) is 19.3 Å². The molecule has 0 heterocycles. The molecule has 0 amide bonds. The van der Waals surface area contributed by atoms with E-state index in [2.05, 4.69) is 0 Å². The van der Waals surface area contributed by atoms with E-state index in [1.807, 2.05) is 0 Å². The lowest BCUT2D eigenvalue weighted by atomic mass is 10.0. The van der Waals surface area contributed by atoms with Crippen LogP contribution in [0.1, 0.15) is 25.7 Å². The first-order valence-electron chi connectivity index (χ1n) is 3.65. The maximum Gasteiger partial charge on any atom is 0.150 e. The first-order chi connectivity index (χ1) is 5.24. The predicted molar refractivity (Wildman–Crippen MR) is 37.6 cm³/mol. The summed E-state index contributed by atoms with van der Waals surface area (Å²) in [5, 5.41) is 8.21. The first kappa shape index (κ1) is 7.93. The van der Waals surface area contributed by atoms with Crippen molar-refractivity contribution in [1.82, 2.24) is 0 Å². The van der Waals surface area contributed by atoms with Gasteiger partial charge < -0.3 is 0 Å². The smallest absolute Gasteiger partial charge is 0.150 e. The van der Waals surface area contributed by atoms with E-state index in [9.17, 15) is 9.59 Å². The van der Waals surface area contributed by atoms with Gasteiger partial charge in [-0.05, 0) is 6.42 Å². The summed E-state index contributed by atoms with van der Waals surface area (Å²) in [7, 11) is 0. The second-order valence-corrected chi connectivity index (χ2v) is 2.78. The minimum absolute atomic E-state index is 0.0437. The van der Waals surface area contributed by atoms with Crippen molar-refractivity contribution in [3.05, 3.63) is 0 Å². The fraction of sp³-hybridized carbons (Fsp3) is 0.625. The number of carbonyl (C=O) groups excluding carboxylic acids is 2. The van der Waals surface area contributed by atoms with Gasteiger partial charge in [-0.3, -0.25) is 9.59 Å². The molecule has 11 heavy (non-hydrogen) atoms. The van der Waals surface area contributed by atoms with Crippen LogP contribution in [0.2, 0.25) is 0 Å². The molecule has 0 aromatic rings. The third kappa shape index (κ3) is 1.87. The van der Waals surface area contributed by atoms with Crippen LogP contribution in [0.5, 0.6) is 0 Å². The van der Waals surface area contributed by atoms with Crippen LogP contribution in [-0.2, 0) is 9.59 Å². The Balaban J connectivity index is 2.44. The molecule has 1 unspecified atom stereocenters. The van der Waals surface area contributed by atoms with Gasteiger partial charge in [0.1, 0.15) is 11.6 Å². The van der Waals surface area contributed by atoms with E-state index < -0.39 is 0 Å². The first-order valence-corrected chi connectivity index (χ1v) is 3.65. The number of rotatable bonds is 2. The average molecular weight is 151 g/mol. The molecule has 0 spiro atoms. The average Bonchev–Trinajstić information content (AvgIpc) is 2.36. The van der Waals surface area contributed by atoms with E-state index in [-0.39, 0.29) is 23.9 Å². The van der Waals surface area contributed by atoms with Crippen LogP contribution in [0.15, 0.2) is 0 Å². The standard InChI is InChI=1S/C8H9NO2/c9-4-3-8(11)6-1-2-7(10)5-6/h6H,1-3,5H2. The highest BCUT2D eigenvalue weighted by Gasteiger charge is 2.27. The van der Waals surface area contributed by atoms with Gasteiger partial charge in [-0.15, -0.1) is 0 Å². The Morgan fingerprint density at radius 1 is 1.73 bits per heavy atom. The fourth-order valence-corrected chi connectivity index (χ4v) is 1.31. The zero-order valence-electron chi connectivity index (χ0n) is 6.17. The molecule has 1 aliphatic carbocycles. The van der Waals surface area contributed by atoms with Crippen molar-refractivity contribution in [2.24, 2.45) is 5.92 Å². The highest BCUT2D eigenvalue weighted by atomic mass is 16.1. The zero-order chi connectivity index (χ0) is 8.27. The lowest BCUT2D eigenvalue weighted by Gasteiger charge is -2.00. The van der Waals surface area contributed by atoms with Crippen LogP contribution >= 0.6 is 0 Å². The summed E-state index contributed by atoms with van der Waals surface area (Å²) in [6.07, 6.45) is 1.49. The molecule has 0 aliphatic heterocycles. The zero-order valence-corrected chi connectivity index (χ0v) is 6.17. The fourth-order valence-electron chi connectivity index (χ4n) is 1.31. The third-order valence-corrected chi connectivity index (χ3v) is 1.95. The van der Waals surface area contributed by atoms with E-state index in [1.54, 1.807) is 6.07 Å². The minimum Gasteiger partial charge on any atom is -0.300 e. The van der Waals surface area contributed by atoms with Crippen molar-refractivity contribution in [2.75, 3.05) is 0 Å². The molecule has 1 fully saturated rings. The molecule has 0 aromatic heterocycles. The second kappa shape index (κ2) is 3.29. The van der Waals surface area contributed by atoms with Gasteiger partial charge in [-0.2, -0.15) is 5.26 Å². The number of Topliss-reactive ketones (excluding diaryl/α,β-unsaturated/α-hetero) is 2. The number of hydrogen-bond donors (Lipinski definition) is 0. The van der Waals surface area contributed by atoms with Gasteiger partial charge in [-0.25, -0.2) is 0 Å². The third-order valence-electron chi connectivity index (χ3n) is 1.95. The van der Waals surface area contributed by atoms with Crippen LogP contribution in [0.4, 0.5) is 0 Å². The van der Waals surface area contributed by atoms with Gasteiger partial charge in [0.2, 0.25) is 0 Å². The minimum atomic E-state index is -0.151. The lowest BCUT2D eigenvalue weighted by Crippen LogP contribution is -2.09. The van der Waals surface area contributed by atoms with Gasteiger partial charge in [0.25, 0.3) is 0 Å². The molecule has 58 valence electrons. The molecule has 3 heteroatoms. The maximum absolute atomic E-state index is 11.0. The van der Waals surface area contributed by atoms with Crippen molar-refractivity contribution in [3.8, 4) is 6.07 Å². The Hall–Kier alpha value is -1.17. The van der Waals surface area contributed by atoms with Crippen LogP contribution < -0.4 is 0 Å². The van der Waals surface area contributed by atoms with Crippen molar-refractivity contribution >= 4 is 11.6 Å². The Bertz CT molecular complexity index is 227. The van der Waals surface area contributed by atoms with Crippen LogP contribution in [0.3, 0.4) is 0 Å². The molecule has 3 nitrogen and oxygen atoms in total. The summed E-state index contributed by atoms with van der Waals surface area (Å²) >= 11 is 0. The van der Waals surface area contributed by atoms with Crippen molar-refractivity contribution < 1.29 is 9.59 Å². The molecule has 1 rings (SSSR count). The summed E-state index contributed by atoms with van der Waals surface area (Å²) in [5.74, 6) is -0.0678. The second-order valence-electron chi connectivity index (χ2n) is 2.78. The highest BCUT2D eigenvalue weighted by Crippen LogP contribution is 2.23. The lowest BCUT2D eigenvalue weighted by molar-refractivity contribution is -0.124. The van der Waals surface area contributed by atoms with E-state index in [1.165, 1.54) is 0 Å². The van der Waals surface area contributed by atoms with Gasteiger partial charge >= 0.3 is 0 Å². The van der Waals surface area contributed by atoms with Crippen LogP contribution in [0.25, 0.3) is 0 Å². The van der Waals surface area contributed by atoms with Gasteiger partial charge in [0, 0.05) is 18.8 Å². The van der Waals surface area contributed by atoms with E-state index >= 15 is 0 Å². The van der Waals surface area contributed by atoms with Gasteiger partial charge in [0.15, 0.2) is 0 Å². The van der Waals surface area contributed by atoms with E-state index in [4.69, 9.17) is 5.26 Å². The largest absolute Gasteiger partial charge is 0.300 e. The Kier molecular flexibility index (Phi) is 2.37. The molecule has 0 bridgehead atoms. The Morgan fingerprint density at radius 2 is 2.45 bits per heavy atom. The molecule has 1 aliphatic rings. The monoisotopic (exact) mass is 151 g/mol. The topological polar surface area (TPSA) is 57.9 Å². The SMILES string of the molecule is N#CCC(=O)C1CCC(=O)C1. The summed E-state index contributed by atoms with van der Waals surface area (Å²) < 4.78 is 0. The molecular formula is C8H9NO2. The number of nitriles is 1. The molecule has 0 N–H and O–H groups in total. The number of ketones is 2. The Labute approximate surface area is 65.0 Å². The number of carbonyl (C=O) groups is 2. The normalized spacial score (nSPS) is 23.2. The molecule has 0 aromatic carbocycles. The van der Waals surface area contributed by atoms with Crippen molar-refractivity contribution in [3.63, 3.8) is 0 Å². The summed E-state index contributed by atoms with van der Waals surface area (Å²) in [6.45, 7) is 0. The molecule has 1 saturated carbocycles. The maximum atomic E-state index is 11.0. The molecular weight excluding hydrogens is 142 g/mol. The molecule has 0 saturated heterocycles. The number of nitrogens with zero attached hydrogens (tertiary/aromatic N) is 1. The Morgan fingerprint density at radius 3 is 2.91 bits per heavy atom. The summed E-state index contributed by atoms with van der Waals surface area (Å²) in [5.41, 5.74) is 0. The predicted octanol–water partition coefficient (Wildman–Crippen LogP) is 0.838. The quantitative estimate of drug-likeness (QED) is 0.587. The summed E-state index contributed by atoms with van der Waals surface area (Å²) in [4.78, 5) is 21.7. The molecule has 1 atom stereocenters.